The second-order valence-corrected chi connectivity index (χ2v) is 6.24. The first-order valence-electron chi connectivity index (χ1n) is 8.55. The van der Waals surface area contributed by atoms with Gasteiger partial charge in [0.15, 0.2) is 0 Å². The Morgan fingerprint density at radius 1 is 1.19 bits per heavy atom. The van der Waals surface area contributed by atoms with E-state index in [4.69, 9.17) is 5.26 Å². The largest absolute Gasteiger partial charge is 0.374 e. The molecule has 2 aromatic carbocycles. The fraction of sp³-hybridized carbons (Fsp3) is 0.250. The van der Waals surface area contributed by atoms with Crippen molar-refractivity contribution in [3.8, 4) is 6.07 Å². The highest BCUT2D eigenvalue weighted by molar-refractivity contribution is 5.97. The van der Waals surface area contributed by atoms with E-state index < -0.39 is 6.04 Å². The van der Waals surface area contributed by atoms with Gasteiger partial charge in [-0.2, -0.15) is 5.26 Å². The molecule has 6 heteroatoms. The molecule has 1 saturated heterocycles. The predicted molar refractivity (Wildman–Crippen MR) is 101 cm³/mol. The van der Waals surface area contributed by atoms with Crippen LogP contribution in [0.15, 0.2) is 48.5 Å². The van der Waals surface area contributed by atoms with Crippen molar-refractivity contribution in [2.24, 2.45) is 0 Å². The van der Waals surface area contributed by atoms with E-state index in [-0.39, 0.29) is 11.8 Å². The molecule has 1 aliphatic rings. The van der Waals surface area contributed by atoms with E-state index in [1.54, 1.807) is 36.1 Å². The molecule has 0 radical (unpaired) electrons. The first kappa shape index (κ1) is 17.5. The standard InChI is InChI=1S/C20H20N4O2/c1-14(20(26)23-17-5-2-4-15(12-17)13-21)22-16-7-9-18(10-8-16)24-11-3-6-19(24)25/h2,4-5,7-10,12,14,22H,3,6,11H2,1H3,(H,23,26). The number of benzene rings is 2. The normalized spacial score (nSPS) is 14.6. The fourth-order valence-electron chi connectivity index (χ4n) is 2.89. The number of nitrogens with zero attached hydrogens (tertiary/aromatic N) is 2. The maximum absolute atomic E-state index is 12.3. The van der Waals surface area contributed by atoms with Crippen LogP contribution in [0.1, 0.15) is 25.3 Å². The second-order valence-electron chi connectivity index (χ2n) is 6.24. The molecule has 26 heavy (non-hydrogen) atoms. The van der Waals surface area contributed by atoms with Crippen LogP contribution in [0.5, 0.6) is 0 Å². The average Bonchev–Trinajstić information content (AvgIpc) is 3.08. The van der Waals surface area contributed by atoms with E-state index in [1.807, 2.05) is 30.3 Å². The number of carbonyl (C=O) groups is 2. The van der Waals surface area contributed by atoms with Crippen molar-refractivity contribution < 1.29 is 9.59 Å². The average molecular weight is 348 g/mol. The molecule has 0 aromatic heterocycles. The molecule has 0 bridgehead atoms. The number of nitriles is 1. The lowest BCUT2D eigenvalue weighted by Gasteiger charge is -2.18. The highest BCUT2D eigenvalue weighted by Crippen LogP contribution is 2.23. The molecule has 1 aliphatic heterocycles. The van der Waals surface area contributed by atoms with E-state index in [2.05, 4.69) is 10.6 Å². The molecule has 2 N–H and O–H groups in total. The van der Waals surface area contributed by atoms with E-state index >= 15 is 0 Å². The second kappa shape index (κ2) is 7.70. The van der Waals surface area contributed by atoms with Crippen molar-refractivity contribution in [3.63, 3.8) is 0 Å². The van der Waals surface area contributed by atoms with Crippen LogP contribution in [-0.4, -0.2) is 24.4 Å². The third kappa shape index (κ3) is 4.01. The van der Waals surface area contributed by atoms with Crippen LogP contribution in [0.4, 0.5) is 17.1 Å². The van der Waals surface area contributed by atoms with Crippen LogP contribution in [0.2, 0.25) is 0 Å². The van der Waals surface area contributed by atoms with Crippen LogP contribution < -0.4 is 15.5 Å². The highest BCUT2D eigenvalue weighted by atomic mass is 16.2. The molecular weight excluding hydrogens is 328 g/mol. The van der Waals surface area contributed by atoms with E-state index in [1.165, 1.54) is 0 Å². The van der Waals surface area contributed by atoms with Gasteiger partial charge in [-0.15, -0.1) is 0 Å². The lowest BCUT2D eigenvalue weighted by atomic mass is 10.2. The minimum absolute atomic E-state index is 0.151. The fourth-order valence-corrected chi connectivity index (χ4v) is 2.89. The molecule has 6 nitrogen and oxygen atoms in total. The Balaban J connectivity index is 1.60. The van der Waals surface area contributed by atoms with E-state index in [0.717, 1.165) is 24.3 Å². The molecular formula is C20H20N4O2. The lowest BCUT2D eigenvalue weighted by molar-refractivity contribution is -0.117. The van der Waals surface area contributed by atoms with Crippen LogP contribution in [0.25, 0.3) is 0 Å². The Bertz CT molecular complexity index is 855. The number of hydrogen-bond acceptors (Lipinski definition) is 4. The SMILES string of the molecule is CC(Nc1ccc(N2CCCC2=O)cc1)C(=O)Nc1cccc(C#N)c1. The third-order valence-electron chi connectivity index (χ3n) is 4.29. The molecule has 2 amide bonds. The Morgan fingerprint density at radius 2 is 1.96 bits per heavy atom. The number of amides is 2. The Labute approximate surface area is 152 Å². The van der Waals surface area contributed by atoms with Crippen molar-refractivity contribution in [3.05, 3.63) is 54.1 Å². The number of rotatable bonds is 5. The smallest absolute Gasteiger partial charge is 0.246 e. The first-order chi connectivity index (χ1) is 12.6. The predicted octanol–water partition coefficient (Wildman–Crippen LogP) is 3.12. The summed E-state index contributed by atoms with van der Waals surface area (Å²) in [5, 5.41) is 14.9. The Kier molecular flexibility index (Phi) is 5.18. The van der Waals surface area contributed by atoms with Crippen LogP contribution in [0, 0.1) is 11.3 Å². The summed E-state index contributed by atoms with van der Waals surface area (Å²) in [6.45, 7) is 2.52. The van der Waals surface area contributed by atoms with Gasteiger partial charge >= 0.3 is 0 Å². The summed E-state index contributed by atoms with van der Waals surface area (Å²) in [4.78, 5) is 25.9. The van der Waals surface area contributed by atoms with Gasteiger partial charge in [0.25, 0.3) is 0 Å². The molecule has 1 fully saturated rings. The molecule has 0 saturated carbocycles. The van der Waals surface area contributed by atoms with Gasteiger partial charge in [-0.25, -0.2) is 0 Å². The zero-order valence-corrected chi connectivity index (χ0v) is 14.5. The quantitative estimate of drug-likeness (QED) is 0.869. The van der Waals surface area contributed by atoms with Crippen molar-refractivity contribution in [2.75, 3.05) is 22.1 Å². The minimum atomic E-state index is -0.458. The highest BCUT2D eigenvalue weighted by Gasteiger charge is 2.21. The summed E-state index contributed by atoms with van der Waals surface area (Å²) in [5.74, 6) is -0.0445. The zero-order chi connectivity index (χ0) is 18.5. The van der Waals surface area contributed by atoms with Crippen molar-refractivity contribution in [2.45, 2.75) is 25.8 Å². The summed E-state index contributed by atoms with van der Waals surface area (Å²) < 4.78 is 0. The molecule has 0 spiro atoms. The van der Waals surface area contributed by atoms with Gasteiger partial charge in [0.2, 0.25) is 11.8 Å². The van der Waals surface area contributed by atoms with Crippen molar-refractivity contribution in [1.82, 2.24) is 0 Å². The Morgan fingerprint density at radius 3 is 2.62 bits per heavy atom. The molecule has 0 aliphatic carbocycles. The van der Waals surface area contributed by atoms with Crippen LogP contribution in [0.3, 0.4) is 0 Å². The maximum atomic E-state index is 12.3. The number of nitrogens with one attached hydrogen (secondary N) is 2. The molecule has 1 heterocycles. The number of hydrogen-bond donors (Lipinski definition) is 2. The summed E-state index contributed by atoms with van der Waals surface area (Å²) in [7, 11) is 0. The zero-order valence-electron chi connectivity index (χ0n) is 14.5. The maximum Gasteiger partial charge on any atom is 0.246 e. The van der Waals surface area contributed by atoms with Crippen molar-refractivity contribution >= 4 is 28.9 Å². The number of anilines is 3. The topological polar surface area (TPSA) is 85.2 Å². The summed E-state index contributed by atoms with van der Waals surface area (Å²) >= 11 is 0. The van der Waals surface area contributed by atoms with Gasteiger partial charge in [0.05, 0.1) is 11.6 Å². The van der Waals surface area contributed by atoms with Crippen LogP contribution >= 0.6 is 0 Å². The van der Waals surface area contributed by atoms with Gasteiger partial charge in [-0.05, 0) is 55.8 Å². The molecule has 1 unspecified atom stereocenters. The van der Waals surface area contributed by atoms with Gasteiger partial charge < -0.3 is 15.5 Å². The van der Waals surface area contributed by atoms with Gasteiger partial charge in [-0.3, -0.25) is 9.59 Å². The van der Waals surface area contributed by atoms with Gasteiger partial charge in [0, 0.05) is 30.0 Å². The summed E-state index contributed by atoms with van der Waals surface area (Å²) in [6, 6.07) is 15.9. The third-order valence-corrected chi connectivity index (χ3v) is 4.29. The lowest BCUT2D eigenvalue weighted by Crippen LogP contribution is -2.31. The van der Waals surface area contributed by atoms with Gasteiger partial charge in [-0.1, -0.05) is 6.07 Å². The molecule has 132 valence electrons. The minimum Gasteiger partial charge on any atom is -0.374 e. The van der Waals surface area contributed by atoms with Crippen molar-refractivity contribution in [1.29, 1.82) is 5.26 Å². The number of carbonyl (C=O) groups excluding carboxylic acids is 2. The Hall–Kier alpha value is -3.33. The molecule has 2 aromatic rings. The summed E-state index contributed by atoms with van der Waals surface area (Å²) in [6.07, 6.45) is 1.49. The van der Waals surface area contributed by atoms with Crippen LogP contribution in [-0.2, 0) is 9.59 Å². The van der Waals surface area contributed by atoms with E-state index in [9.17, 15) is 9.59 Å². The van der Waals surface area contributed by atoms with E-state index in [0.29, 0.717) is 17.7 Å². The van der Waals surface area contributed by atoms with Gasteiger partial charge in [0.1, 0.15) is 6.04 Å². The summed E-state index contributed by atoms with van der Waals surface area (Å²) in [5.41, 5.74) is 2.76. The molecule has 3 rings (SSSR count). The first-order valence-corrected chi connectivity index (χ1v) is 8.55. The monoisotopic (exact) mass is 348 g/mol. The molecule has 1 atom stereocenters.